The summed E-state index contributed by atoms with van der Waals surface area (Å²) in [7, 11) is 1.70. The van der Waals surface area contributed by atoms with Crippen LogP contribution in [0.4, 0.5) is 10.5 Å². The third-order valence-electron chi connectivity index (χ3n) is 4.90. The van der Waals surface area contributed by atoms with Gasteiger partial charge < -0.3 is 14.6 Å². The first-order valence-corrected chi connectivity index (χ1v) is 9.57. The van der Waals surface area contributed by atoms with Gasteiger partial charge in [0.2, 0.25) is 0 Å². The van der Waals surface area contributed by atoms with Crippen LogP contribution >= 0.6 is 11.6 Å². The molecule has 0 aliphatic carbocycles. The maximum Gasteiger partial charge on any atom is 0.411 e. The maximum atomic E-state index is 13.4. The Bertz CT molecular complexity index is 929. The van der Waals surface area contributed by atoms with E-state index in [0.29, 0.717) is 11.6 Å². The highest BCUT2D eigenvalue weighted by molar-refractivity contribution is 6.31. The number of amides is 2. The van der Waals surface area contributed by atoms with Crippen LogP contribution in [0.5, 0.6) is 0 Å². The topological polar surface area (TPSA) is 65.6 Å². The van der Waals surface area contributed by atoms with E-state index in [4.69, 9.17) is 16.3 Å². The number of hydrogen-bond donors (Lipinski definition) is 1. The number of carbonyl (C=O) groups is 2. The minimum Gasteiger partial charge on any atom is -0.444 e. The van der Waals surface area contributed by atoms with Gasteiger partial charge in [0, 0.05) is 35.2 Å². The maximum absolute atomic E-state index is 13.4. The quantitative estimate of drug-likeness (QED) is 0.787. The van der Waals surface area contributed by atoms with Crippen molar-refractivity contribution in [2.45, 2.75) is 52.8 Å². The third kappa shape index (κ3) is 3.74. The molecule has 1 aromatic heterocycles. The second-order valence-electron chi connectivity index (χ2n) is 8.19. The van der Waals surface area contributed by atoms with Crippen molar-refractivity contribution in [3.63, 3.8) is 0 Å². The molecule has 0 radical (unpaired) electrons. The zero-order valence-electron chi connectivity index (χ0n) is 17.1. The van der Waals surface area contributed by atoms with Gasteiger partial charge in [-0.15, -0.1) is 0 Å². The van der Waals surface area contributed by atoms with Crippen LogP contribution in [0, 0.1) is 13.8 Å². The molecule has 1 aliphatic heterocycles. The van der Waals surface area contributed by atoms with Crippen LogP contribution in [0.25, 0.3) is 0 Å². The van der Waals surface area contributed by atoms with E-state index in [1.807, 2.05) is 40.7 Å². The van der Waals surface area contributed by atoms with Gasteiger partial charge in [-0.25, -0.2) is 4.79 Å². The van der Waals surface area contributed by atoms with Crippen molar-refractivity contribution < 1.29 is 14.3 Å². The summed E-state index contributed by atoms with van der Waals surface area (Å²) in [5.74, 6) is -0.203. The van der Waals surface area contributed by atoms with Crippen LogP contribution in [-0.4, -0.2) is 34.5 Å². The number of carbonyl (C=O) groups excluding carboxylic acids is 2. The van der Waals surface area contributed by atoms with Crippen molar-refractivity contribution in [1.82, 2.24) is 9.88 Å². The molecule has 0 saturated heterocycles. The van der Waals surface area contributed by atoms with Crippen LogP contribution in [0.15, 0.2) is 24.4 Å². The van der Waals surface area contributed by atoms with Gasteiger partial charge in [-0.1, -0.05) is 11.6 Å². The van der Waals surface area contributed by atoms with Crippen LogP contribution in [0.3, 0.4) is 0 Å². The molecule has 0 fully saturated rings. The fourth-order valence-corrected chi connectivity index (χ4v) is 3.48. The molecule has 6 nitrogen and oxygen atoms in total. The van der Waals surface area contributed by atoms with Crippen molar-refractivity contribution in [3.05, 3.63) is 51.8 Å². The SMILES string of the molecule is Cc1cc(N(C)C(=O)[C@@H]2c3c[nH]c(C)c3CN2C(=O)OC(C)(C)C)ccc1Cl. The first-order chi connectivity index (χ1) is 13.0. The Morgan fingerprint density at radius 2 is 1.96 bits per heavy atom. The zero-order valence-corrected chi connectivity index (χ0v) is 17.8. The molecular formula is C21H26ClN3O3. The number of fused-ring (bicyclic) bond motifs is 1. The fraction of sp³-hybridized carbons (Fsp3) is 0.429. The van der Waals surface area contributed by atoms with E-state index >= 15 is 0 Å². The van der Waals surface area contributed by atoms with Gasteiger partial charge in [0.05, 0.1) is 6.54 Å². The van der Waals surface area contributed by atoms with Gasteiger partial charge in [-0.2, -0.15) is 0 Å². The van der Waals surface area contributed by atoms with E-state index in [-0.39, 0.29) is 5.91 Å². The molecule has 0 spiro atoms. The van der Waals surface area contributed by atoms with Crippen molar-refractivity contribution in [3.8, 4) is 0 Å². The van der Waals surface area contributed by atoms with Crippen molar-refractivity contribution in [2.24, 2.45) is 0 Å². The van der Waals surface area contributed by atoms with E-state index in [1.54, 1.807) is 30.3 Å². The molecular weight excluding hydrogens is 378 g/mol. The molecule has 1 aromatic carbocycles. The first kappa shape index (κ1) is 20.3. The normalized spacial score (nSPS) is 16.1. The lowest BCUT2D eigenvalue weighted by atomic mass is 10.1. The van der Waals surface area contributed by atoms with Gasteiger partial charge in [0.1, 0.15) is 11.6 Å². The number of hydrogen-bond acceptors (Lipinski definition) is 3. The lowest BCUT2D eigenvalue weighted by Gasteiger charge is -2.30. The fourth-order valence-electron chi connectivity index (χ4n) is 3.37. The number of ether oxygens (including phenoxy) is 1. The zero-order chi connectivity index (χ0) is 20.8. The lowest BCUT2D eigenvalue weighted by molar-refractivity contribution is -0.123. The minimum absolute atomic E-state index is 0.203. The summed E-state index contributed by atoms with van der Waals surface area (Å²) in [4.78, 5) is 32.5. The monoisotopic (exact) mass is 403 g/mol. The Morgan fingerprint density at radius 3 is 2.57 bits per heavy atom. The number of rotatable bonds is 2. The van der Waals surface area contributed by atoms with Crippen molar-refractivity contribution in [2.75, 3.05) is 11.9 Å². The first-order valence-electron chi connectivity index (χ1n) is 9.19. The van der Waals surface area contributed by atoms with Gasteiger partial charge >= 0.3 is 6.09 Å². The molecule has 2 heterocycles. The molecule has 1 N–H and O–H groups in total. The number of likely N-dealkylation sites (N-methyl/N-ethyl adjacent to an activating group) is 1. The summed E-state index contributed by atoms with van der Waals surface area (Å²) < 4.78 is 5.55. The van der Waals surface area contributed by atoms with Gasteiger partial charge in [0.25, 0.3) is 5.91 Å². The number of nitrogens with one attached hydrogen (secondary N) is 1. The van der Waals surface area contributed by atoms with Crippen molar-refractivity contribution in [1.29, 1.82) is 0 Å². The average molecular weight is 404 g/mol. The number of anilines is 1. The number of nitrogens with zero attached hydrogens (tertiary/aromatic N) is 2. The molecule has 150 valence electrons. The number of aryl methyl sites for hydroxylation is 2. The van der Waals surface area contributed by atoms with E-state index in [1.165, 1.54) is 4.90 Å². The smallest absolute Gasteiger partial charge is 0.411 e. The number of H-pyrrole nitrogens is 1. The Hall–Kier alpha value is -2.47. The molecule has 0 bridgehead atoms. The molecule has 2 aromatic rings. The van der Waals surface area contributed by atoms with Crippen molar-refractivity contribution >= 4 is 29.3 Å². The highest BCUT2D eigenvalue weighted by Crippen LogP contribution is 2.38. The van der Waals surface area contributed by atoms with Crippen LogP contribution in [-0.2, 0) is 16.1 Å². The van der Waals surface area contributed by atoms with E-state index < -0.39 is 17.7 Å². The van der Waals surface area contributed by atoms with Crippen LogP contribution in [0.2, 0.25) is 5.02 Å². The average Bonchev–Trinajstić information content (AvgIpc) is 3.14. The van der Waals surface area contributed by atoms with E-state index in [9.17, 15) is 9.59 Å². The van der Waals surface area contributed by atoms with E-state index in [2.05, 4.69) is 4.98 Å². The number of aromatic nitrogens is 1. The largest absolute Gasteiger partial charge is 0.444 e. The lowest BCUT2D eigenvalue weighted by Crippen LogP contribution is -2.43. The Balaban J connectivity index is 1.95. The molecule has 28 heavy (non-hydrogen) atoms. The standard InChI is InChI=1S/C21H26ClN3O3/c1-12-9-14(7-8-17(12)22)24(6)19(26)18-15-10-23-13(2)16(15)11-25(18)20(27)28-21(3,4)5/h7-10,18,23H,11H2,1-6H3/t18-/m0/s1. The third-order valence-corrected chi connectivity index (χ3v) is 5.33. The van der Waals surface area contributed by atoms with E-state index in [0.717, 1.165) is 28.1 Å². The molecule has 7 heteroatoms. The summed E-state index contributed by atoms with van der Waals surface area (Å²) in [6, 6.07) is 4.68. The number of halogens is 1. The van der Waals surface area contributed by atoms with Gasteiger partial charge in [-0.3, -0.25) is 9.69 Å². The molecule has 2 amide bonds. The molecule has 1 atom stereocenters. The van der Waals surface area contributed by atoms with Crippen LogP contribution in [0.1, 0.15) is 49.2 Å². The molecule has 1 aliphatic rings. The highest BCUT2D eigenvalue weighted by Gasteiger charge is 2.43. The minimum atomic E-state index is -0.740. The van der Waals surface area contributed by atoms with Gasteiger partial charge in [-0.05, 0) is 63.9 Å². The number of aromatic amines is 1. The van der Waals surface area contributed by atoms with Gasteiger partial charge in [0.15, 0.2) is 0 Å². The second kappa shape index (κ2) is 7.17. The summed E-state index contributed by atoms with van der Waals surface area (Å²) in [6.07, 6.45) is 1.31. The predicted molar refractivity (Wildman–Crippen MR) is 110 cm³/mol. The number of benzene rings is 1. The summed E-state index contributed by atoms with van der Waals surface area (Å²) in [6.45, 7) is 9.60. The second-order valence-corrected chi connectivity index (χ2v) is 8.60. The summed E-state index contributed by atoms with van der Waals surface area (Å²) in [5.41, 5.74) is 3.68. The Kier molecular flexibility index (Phi) is 5.19. The highest BCUT2D eigenvalue weighted by atomic mass is 35.5. The Morgan fingerprint density at radius 1 is 1.29 bits per heavy atom. The molecule has 0 unspecified atom stereocenters. The molecule has 0 saturated carbocycles. The summed E-state index contributed by atoms with van der Waals surface area (Å²) in [5, 5.41) is 0.643. The van der Waals surface area contributed by atoms with Crippen LogP contribution < -0.4 is 4.90 Å². The summed E-state index contributed by atoms with van der Waals surface area (Å²) >= 11 is 6.11. The Labute approximate surface area is 170 Å². The molecule has 3 rings (SSSR count). The predicted octanol–water partition coefficient (Wildman–Crippen LogP) is 4.74.